The van der Waals surface area contributed by atoms with Gasteiger partial charge in [-0.1, -0.05) is 6.07 Å². The highest BCUT2D eigenvalue weighted by Gasteiger charge is 2.18. The van der Waals surface area contributed by atoms with Gasteiger partial charge in [-0.3, -0.25) is 0 Å². The standard InChI is InChI=1S/C13H20N2O3S/c1-15(2)19(16,17)13-7-3-5-11(9-13)14-12-6-4-8-18-10-12/h3,5,7,9,12,14H,4,6,8,10H2,1-2H3. The molecule has 0 saturated carbocycles. The average Bonchev–Trinajstić information content (AvgIpc) is 2.40. The number of nitrogens with zero attached hydrogens (tertiary/aromatic N) is 1. The maximum atomic E-state index is 12.0. The molecule has 0 spiro atoms. The number of sulfonamides is 1. The van der Waals surface area contributed by atoms with Crippen molar-refractivity contribution >= 4 is 15.7 Å². The van der Waals surface area contributed by atoms with Crippen molar-refractivity contribution in [1.82, 2.24) is 4.31 Å². The fourth-order valence-corrected chi connectivity index (χ4v) is 3.00. The van der Waals surface area contributed by atoms with E-state index in [1.54, 1.807) is 18.2 Å². The van der Waals surface area contributed by atoms with Crippen molar-refractivity contribution in [3.8, 4) is 0 Å². The van der Waals surface area contributed by atoms with E-state index in [-0.39, 0.29) is 6.04 Å². The van der Waals surface area contributed by atoms with E-state index in [9.17, 15) is 8.42 Å². The van der Waals surface area contributed by atoms with Crippen LogP contribution in [0.3, 0.4) is 0 Å². The molecule has 1 saturated heterocycles. The molecule has 0 aliphatic carbocycles. The van der Waals surface area contributed by atoms with Crippen LogP contribution in [0.2, 0.25) is 0 Å². The maximum Gasteiger partial charge on any atom is 0.242 e. The predicted octanol–water partition coefficient (Wildman–Crippen LogP) is 1.53. The van der Waals surface area contributed by atoms with Crippen LogP contribution in [0.15, 0.2) is 29.2 Å². The SMILES string of the molecule is CN(C)S(=O)(=O)c1cccc(NC2CCCOC2)c1. The van der Waals surface area contributed by atoms with Crippen molar-refractivity contribution in [2.45, 2.75) is 23.8 Å². The topological polar surface area (TPSA) is 58.6 Å². The summed E-state index contributed by atoms with van der Waals surface area (Å²) in [4.78, 5) is 0.305. The normalized spacial score (nSPS) is 20.5. The van der Waals surface area contributed by atoms with Crippen LogP contribution < -0.4 is 5.32 Å². The Morgan fingerprint density at radius 3 is 2.79 bits per heavy atom. The summed E-state index contributed by atoms with van der Waals surface area (Å²) in [6.45, 7) is 1.48. The summed E-state index contributed by atoms with van der Waals surface area (Å²) in [5.74, 6) is 0. The first-order valence-electron chi connectivity index (χ1n) is 6.37. The summed E-state index contributed by atoms with van der Waals surface area (Å²) in [5, 5.41) is 3.32. The molecule has 1 aromatic carbocycles. The van der Waals surface area contributed by atoms with Gasteiger partial charge in [0.15, 0.2) is 0 Å². The Morgan fingerprint density at radius 2 is 2.16 bits per heavy atom. The summed E-state index contributed by atoms with van der Waals surface area (Å²) in [5.41, 5.74) is 0.818. The summed E-state index contributed by atoms with van der Waals surface area (Å²) in [6.07, 6.45) is 2.08. The Kier molecular flexibility index (Phi) is 4.44. The second-order valence-electron chi connectivity index (χ2n) is 4.87. The van der Waals surface area contributed by atoms with Crippen LogP contribution in [0.1, 0.15) is 12.8 Å². The molecule has 2 rings (SSSR count). The second kappa shape index (κ2) is 5.90. The first-order valence-corrected chi connectivity index (χ1v) is 7.81. The molecule has 0 amide bonds. The summed E-state index contributed by atoms with van der Waals surface area (Å²) >= 11 is 0. The lowest BCUT2D eigenvalue weighted by Gasteiger charge is -2.24. The van der Waals surface area contributed by atoms with Crippen LogP contribution in [0, 0.1) is 0 Å². The highest BCUT2D eigenvalue weighted by atomic mass is 32.2. The monoisotopic (exact) mass is 284 g/mol. The van der Waals surface area contributed by atoms with Gasteiger partial charge in [0, 0.05) is 32.4 Å². The fraction of sp³-hybridized carbons (Fsp3) is 0.538. The molecule has 5 nitrogen and oxygen atoms in total. The molecule has 0 radical (unpaired) electrons. The largest absolute Gasteiger partial charge is 0.380 e. The number of rotatable bonds is 4. The Balaban J connectivity index is 2.15. The molecule has 1 N–H and O–H groups in total. The smallest absolute Gasteiger partial charge is 0.242 e. The van der Waals surface area contributed by atoms with E-state index in [1.165, 1.54) is 18.4 Å². The van der Waals surface area contributed by atoms with E-state index in [2.05, 4.69) is 5.32 Å². The van der Waals surface area contributed by atoms with E-state index in [1.807, 2.05) is 6.07 Å². The van der Waals surface area contributed by atoms with Gasteiger partial charge in [-0.25, -0.2) is 12.7 Å². The number of ether oxygens (including phenoxy) is 1. The Labute approximate surface area is 114 Å². The molecule has 1 atom stereocenters. The minimum Gasteiger partial charge on any atom is -0.380 e. The number of hydrogen-bond acceptors (Lipinski definition) is 4. The average molecular weight is 284 g/mol. The molecule has 106 valence electrons. The number of anilines is 1. The van der Waals surface area contributed by atoms with Crippen LogP contribution >= 0.6 is 0 Å². The summed E-state index contributed by atoms with van der Waals surface area (Å²) < 4.78 is 30.7. The van der Waals surface area contributed by atoms with Crippen molar-refractivity contribution in [2.75, 3.05) is 32.6 Å². The molecule has 19 heavy (non-hydrogen) atoms. The van der Waals surface area contributed by atoms with Crippen LogP contribution in [-0.4, -0.2) is 46.1 Å². The van der Waals surface area contributed by atoms with E-state index in [4.69, 9.17) is 4.74 Å². The van der Waals surface area contributed by atoms with Crippen molar-refractivity contribution in [3.63, 3.8) is 0 Å². The van der Waals surface area contributed by atoms with Crippen molar-refractivity contribution in [3.05, 3.63) is 24.3 Å². The van der Waals surface area contributed by atoms with Gasteiger partial charge in [0.2, 0.25) is 10.0 Å². The fourth-order valence-electron chi connectivity index (χ4n) is 2.05. The summed E-state index contributed by atoms with van der Waals surface area (Å²) in [7, 11) is -0.314. The first kappa shape index (κ1) is 14.3. The molecule has 0 aromatic heterocycles. The maximum absolute atomic E-state index is 12.0. The van der Waals surface area contributed by atoms with Crippen molar-refractivity contribution < 1.29 is 13.2 Å². The van der Waals surface area contributed by atoms with Crippen LogP contribution in [-0.2, 0) is 14.8 Å². The highest BCUT2D eigenvalue weighted by Crippen LogP contribution is 2.20. The molecule has 1 aromatic rings. The Hall–Kier alpha value is -1.11. The molecule has 1 fully saturated rings. The van der Waals surface area contributed by atoms with E-state index >= 15 is 0 Å². The quantitative estimate of drug-likeness (QED) is 0.911. The molecule has 1 aliphatic rings. The number of benzene rings is 1. The van der Waals surface area contributed by atoms with Crippen LogP contribution in [0.25, 0.3) is 0 Å². The Bertz CT molecular complexity index is 522. The van der Waals surface area contributed by atoms with Gasteiger partial charge in [-0.05, 0) is 31.0 Å². The first-order chi connectivity index (χ1) is 9.00. The van der Waals surface area contributed by atoms with E-state index in [0.29, 0.717) is 11.5 Å². The van der Waals surface area contributed by atoms with E-state index < -0.39 is 10.0 Å². The van der Waals surface area contributed by atoms with Gasteiger partial charge in [-0.15, -0.1) is 0 Å². The molecular formula is C13H20N2O3S. The predicted molar refractivity (Wildman–Crippen MR) is 74.8 cm³/mol. The van der Waals surface area contributed by atoms with Gasteiger partial charge in [0.1, 0.15) is 0 Å². The minimum atomic E-state index is -3.38. The molecule has 1 aliphatic heterocycles. The van der Waals surface area contributed by atoms with Gasteiger partial charge in [0.05, 0.1) is 11.5 Å². The van der Waals surface area contributed by atoms with Crippen molar-refractivity contribution in [1.29, 1.82) is 0 Å². The van der Waals surface area contributed by atoms with Crippen LogP contribution in [0.5, 0.6) is 0 Å². The summed E-state index contributed by atoms with van der Waals surface area (Å²) in [6, 6.07) is 7.17. The molecule has 0 bridgehead atoms. The van der Waals surface area contributed by atoms with Gasteiger partial charge >= 0.3 is 0 Å². The zero-order chi connectivity index (χ0) is 13.9. The third-order valence-electron chi connectivity index (χ3n) is 3.14. The van der Waals surface area contributed by atoms with Gasteiger partial charge in [-0.2, -0.15) is 0 Å². The van der Waals surface area contributed by atoms with E-state index in [0.717, 1.165) is 25.1 Å². The third-order valence-corrected chi connectivity index (χ3v) is 4.95. The third kappa shape index (κ3) is 3.46. The van der Waals surface area contributed by atoms with Gasteiger partial charge in [0.25, 0.3) is 0 Å². The highest BCUT2D eigenvalue weighted by molar-refractivity contribution is 7.89. The number of nitrogens with one attached hydrogen (secondary N) is 1. The lowest BCUT2D eigenvalue weighted by Crippen LogP contribution is -2.30. The van der Waals surface area contributed by atoms with Crippen molar-refractivity contribution in [2.24, 2.45) is 0 Å². The second-order valence-corrected chi connectivity index (χ2v) is 7.03. The lowest BCUT2D eigenvalue weighted by molar-refractivity contribution is 0.0876. The van der Waals surface area contributed by atoms with Crippen LogP contribution in [0.4, 0.5) is 5.69 Å². The molecular weight excluding hydrogens is 264 g/mol. The molecule has 1 heterocycles. The zero-order valence-corrected chi connectivity index (χ0v) is 12.1. The zero-order valence-electron chi connectivity index (χ0n) is 11.3. The molecule has 1 unspecified atom stereocenters. The Morgan fingerprint density at radius 1 is 1.37 bits per heavy atom. The minimum absolute atomic E-state index is 0.256. The van der Waals surface area contributed by atoms with Gasteiger partial charge < -0.3 is 10.1 Å². The number of hydrogen-bond donors (Lipinski definition) is 1. The lowest BCUT2D eigenvalue weighted by atomic mass is 10.1. The molecule has 6 heteroatoms.